The molecule has 0 aromatic heterocycles. The van der Waals surface area contributed by atoms with Crippen LogP contribution in [-0.4, -0.2) is 19.3 Å². The molecule has 118 valence electrons. The van der Waals surface area contributed by atoms with Gasteiger partial charge in [0.2, 0.25) is 0 Å². The molecule has 0 spiro atoms. The highest BCUT2D eigenvalue weighted by Gasteiger charge is 2.22. The van der Waals surface area contributed by atoms with E-state index in [1.807, 2.05) is 0 Å². The highest BCUT2D eigenvalue weighted by molar-refractivity contribution is 5.34. The first kappa shape index (κ1) is 16.5. The zero-order valence-corrected chi connectivity index (χ0v) is 14.0. The molecule has 0 saturated carbocycles. The molecule has 1 N–H and O–H groups in total. The van der Waals surface area contributed by atoms with E-state index in [2.05, 4.69) is 44.3 Å². The average molecular weight is 289 g/mol. The molecule has 1 aliphatic heterocycles. The first-order chi connectivity index (χ1) is 10.3. The number of hydrogen-bond acceptors (Lipinski definition) is 2. The highest BCUT2D eigenvalue weighted by Crippen LogP contribution is 2.27. The molecule has 1 heterocycles. The molecule has 0 amide bonds. The minimum atomic E-state index is 0.434. The Balaban J connectivity index is 2.14. The lowest BCUT2D eigenvalue weighted by atomic mass is 9.93. The van der Waals surface area contributed by atoms with Crippen LogP contribution in [0, 0.1) is 0 Å². The molecule has 1 saturated heterocycles. The van der Waals surface area contributed by atoms with Gasteiger partial charge >= 0.3 is 0 Å². The summed E-state index contributed by atoms with van der Waals surface area (Å²) >= 11 is 0. The Morgan fingerprint density at radius 3 is 2.62 bits per heavy atom. The van der Waals surface area contributed by atoms with Crippen molar-refractivity contribution < 1.29 is 4.74 Å². The molecule has 1 fully saturated rings. The van der Waals surface area contributed by atoms with Crippen LogP contribution in [0.1, 0.15) is 69.2 Å². The van der Waals surface area contributed by atoms with Crippen LogP contribution in [0.4, 0.5) is 0 Å². The predicted molar refractivity (Wildman–Crippen MR) is 89.8 cm³/mol. The van der Waals surface area contributed by atoms with Crippen molar-refractivity contribution in [1.82, 2.24) is 5.32 Å². The van der Waals surface area contributed by atoms with Crippen molar-refractivity contribution >= 4 is 0 Å². The van der Waals surface area contributed by atoms with Gasteiger partial charge in [-0.05, 0) is 61.8 Å². The standard InChI is InChI=1S/C19H31NO/c1-4-11-20-19(14-18-8-7-12-21-18)17-10-9-15(5-2)16(6-3)13-17/h9-10,13,18-20H,4-8,11-12,14H2,1-3H3. The van der Waals surface area contributed by atoms with Gasteiger partial charge in [0.05, 0.1) is 6.10 Å². The number of rotatable bonds is 8. The minimum absolute atomic E-state index is 0.434. The fourth-order valence-corrected chi connectivity index (χ4v) is 3.29. The van der Waals surface area contributed by atoms with E-state index < -0.39 is 0 Å². The van der Waals surface area contributed by atoms with Gasteiger partial charge in [-0.25, -0.2) is 0 Å². The minimum Gasteiger partial charge on any atom is -0.378 e. The van der Waals surface area contributed by atoms with Crippen LogP contribution in [0.3, 0.4) is 0 Å². The van der Waals surface area contributed by atoms with Crippen LogP contribution < -0.4 is 5.32 Å². The topological polar surface area (TPSA) is 21.3 Å². The van der Waals surface area contributed by atoms with Crippen LogP contribution in [0.5, 0.6) is 0 Å². The van der Waals surface area contributed by atoms with Gasteiger partial charge in [-0.3, -0.25) is 0 Å². The second kappa shape index (κ2) is 8.55. The van der Waals surface area contributed by atoms with E-state index in [4.69, 9.17) is 4.74 Å². The van der Waals surface area contributed by atoms with Gasteiger partial charge in [0.15, 0.2) is 0 Å². The van der Waals surface area contributed by atoms with Crippen molar-refractivity contribution in [2.45, 2.75) is 71.4 Å². The Hall–Kier alpha value is -0.860. The molecule has 2 atom stereocenters. The molecule has 1 aromatic rings. The monoisotopic (exact) mass is 289 g/mol. The van der Waals surface area contributed by atoms with Gasteiger partial charge in [0.1, 0.15) is 0 Å². The zero-order valence-electron chi connectivity index (χ0n) is 14.0. The summed E-state index contributed by atoms with van der Waals surface area (Å²) in [4.78, 5) is 0. The van der Waals surface area contributed by atoms with E-state index in [0.717, 1.165) is 32.4 Å². The molecule has 1 aliphatic rings. The van der Waals surface area contributed by atoms with Gasteiger partial charge in [-0.1, -0.05) is 39.0 Å². The average Bonchev–Trinajstić information content (AvgIpc) is 3.03. The largest absolute Gasteiger partial charge is 0.378 e. The van der Waals surface area contributed by atoms with Gasteiger partial charge in [-0.15, -0.1) is 0 Å². The van der Waals surface area contributed by atoms with E-state index in [1.165, 1.54) is 36.0 Å². The molecule has 2 heteroatoms. The number of benzene rings is 1. The molecule has 0 bridgehead atoms. The van der Waals surface area contributed by atoms with Gasteiger partial charge < -0.3 is 10.1 Å². The molecule has 2 rings (SSSR count). The second-order valence-corrected chi connectivity index (χ2v) is 6.11. The van der Waals surface area contributed by atoms with Crippen molar-refractivity contribution in [2.24, 2.45) is 0 Å². The molecular weight excluding hydrogens is 258 g/mol. The summed E-state index contributed by atoms with van der Waals surface area (Å²) < 4.78 is 5.85. The second-order valence-electron chi connectivity index (χ2n) is 6.11. The Kier molecular flexibility index (Phi) is 6.72. The van der Waals surface area contributed by atoms with Crippen LogP contribution >= 0.6 is 0 Å². The smallest absolute Gasteiger partial charge is 0.0594 e. The summed E-state index contributed by atoms with van der Waals surface area (Å²) in [5, 5.41) is 3.72. The van der Waals surface area contributed by atoms with E-state index in [-0.39, 0.29) is 0 Å². The maximum Gasteiger partial charge on any atom is 0.0594 e. The Morgan fingerprint density at radius 1 is 1.19 bits per heavy atom. The maximum absolute atomic E-state index is 5.85. The summed E-state index contributed by atoms with van der Waals surface area (Å²) in [6.07, 6.45) is 7.41. The molecule has 1 aromatic carbocycles. The van der Waals surface area contributed by atoms with E-state index in [1.54, 1.807) is 0 Å². The number of ether oxygens (including phenoxy) is 1. The first-order valence-electron chi connectivity index (χ1n) is 8.75. The SMILES string of the molecule is CCCNC(CC1CCCO1)c1ccc(CC)c(CC)c1. The highest BCUT2D eigenvalue weighted by atomic mass is 16.5. The summed E-state index contributed by atoms with van der Waals surface area (Å²) in [5.74, 6) is 0. The maximum atomic E-state index is 5.85. The van der Waals surface area contributed by atoms with E-state index in [9.17, 15) is 0 Å². The molecule has 2 nitrogen and oxygen atoms in total. The van der Waals surface area contributed by atoms with Gasteiger partial charge in [-0.2, -0.15) is 0 Å². The van der Waals surface area contributed by atoms with Crippen molar-refractivity contribution in [3.05, 3.63) is 34.9 Å². The number of aryl methyl sites for hydroxylation is 2. The van der Waals surface area contributed by atoms with Gasteiger partial charge in [0, 0.05) is 12.6 Å². The lowest BCUT2D eigenvalue weighted by Crippen LogP contribution is -2.26. The molecule has 0 aliphatic carbocycles. The van der Waals surface area contributed by atoms with E-state index in [0.29, 0.717) is 12.1 Å². The van der Waals surface area contributed by atoms with Crippen molar-refractivity contribution in [2.75, 3.05) is 13.2 Å². The lowest BCUT2D eigenvalue weighted by Gasteiger charge is -2.23. The number of nitrogens with one attached hydrogen (secondary N) is 1. The van der Waals surface area contributed by atoms with Crippen LogP contribution in [0.2, 0.25) is 0 Å². The quantitative estimate of drug-likeness (QED) is 0.765. The summed E-state index contributed by atoms with van der Waals surface area (Å²) in [6.45, 7) is 8.75. The molecule has 21 heavy (non-hydrogen) atoms. The third kappa shape index (κ3) is 4.55. The third-order valence-electron chi connectivity index (χ3n) is 4.56. The van der Waals surface area contributed by atoms with Crippen molar-refractivity contribution in [1.29, 1.82) is 0 Å². The predicted octanol–water partition coefficient (Wildman–Crippen LogP) is 4.42. The Morgan fingerprint density at radius 2 is 2.00 bits per heavy atom. The Labute approximate surface area is 130 Å². The summed E-state index contributed by atoms with van der Waals surface area (Å²) in [6, 6.07) is 7.50. The van der Waals surface area contributed by atoms with Gasteiger partial charge in [0.25, 0.3) is 0 Å². The third-order valence-corrected chi connectivity index (χ3v) is 4.56. The fourth-order valence-electron chi connectivity index (χ4n) is 3.29. The van der Waals surface area contributed by atoms with Crippen molar-refractivity contribution in [3.8, 4) is 0 Å². The van der Waals surface area contributed by atoms with Crippen LogP contribution in [0.25, 0.3) is 0 Å². The van der Waals surface area contributed by atoms with Crippen LogP contribution in [-0.2, 0) is 17.6 Å². The molecule has 2 unspecified atom stereocenters. The zero-order chi connectivity index (χ0) is 15.1. The Bertz CT molecular complexity index is 424. The summed E-state index contributed by atoms with van der Waals surface area (Å²) in [7, 11) is 0. The first-order valence-corrected chi connectivity index (χ1v) is 8.75. The molecular formula is C19H31NO. The van der Waals surface area contributed by atoms with Crippen molar-refractivity contribution in [3.63, 3.8) is 0 Å². The number of hydrogen-bond donors (Lipinski definition) is 1. The normalized spacial score (nSPS) is 19.9. The van der Waals surface area contributed by atoms with E-state index >= 15 is 0 Å². The fraction of sp³-hybridized carbons (Fsp3) is 0.684. The lowest BCUT2D eigenvalue weighted by molar-refractivity contribution is 0.0945. The van der Waals surface area contributed by atoms with Crippen LogP contribution in [0.15, 0.2) is 18.2 Å². The summed E-state index contributed by atoms with van der Waals surface area (Å²) in [5.41, 5.74) is 4.44. The molecule has 0 radical (unpaired) electrons.